The summed E-state index contributed by atoms with van der Waals surface area (Å²) in [4.78, 5) is 38.9. The summed E-state index contributed by atoms with van der Waals surface area (Å²) in [5.41, 5.74) is 0.792. The van der Waals surface area contributed by atoms with Crippen LogP contribution in [0.2, 0.25) is 0 Å². The standard InChI is InChI=1S/C23H27N3O4/c1-5-30-18-9-7-17(8-10-18)26-22(28)19-12-16(4)6-11-20(19)25(23(26)29)14-21(27)24-13-15(2)3/h6-12,15H,5,13-14H2,1-4H3,(H,24,27). The Labute approximate surface area is 174 Å². The number of nitrogens with one attached hydrogen (secondary N) is 1. The highest BCUT2D eigenvalue weighted by molar-refractivity contribution is 5.82. The highest BCUT2D eigenvalue weighted by Gasteiger charge is 2.17. The van der Waals surface area contributed by atoms with Crippen LogP contribution in [0.3, 0.4) is 0 Å². The van der Waals surface area contributed by atoms with Gasteiger partial charge in [-0.2, -0.15) is 0 Å². The fraction of sp³-hybridized carbons (Fsp3) is 0.348. The number of ether oxygens (including phenoxy) is 1. The zero-order valence-electron chi connectivity index (χ0n) is 17.8. The molecule has 0 bridgehead atoms. The van der Waals surface area contributed by atoms with Gasteiger partial charge in [-0.15, -0.1) is 0 Å². The summed E-state index contributed by atoms with van der Waals surface area (Å²) in [5.74, 6) is 0.673. The molecule has 3 rings (SSSR count). The van der Waals surface area contributed by atoms with Crippen LogP contribution in [0, 0.1) is 12.8 Å². The molecule has 158 valence electrons. The van der Waals surface area contributed by atoms with Gasteiger partial charge in [-0.1, -0.05) is 25.5 Å². The normalized spacial score (nSPS) is 11.1. The van der Waals surface area contributed by atoms with Crippen molar-refractivity contribution in [3.63, 3.8) is 0 Å². The molecule has 0 radical (unpaired) electrons. The van der Waals surface area contributed by atoms with E-state index in [1.807, 2.05) is 33.8 Å². The van der Waals surface area contributed by atoms with Crippen molar-refractivity contribution in [2.45, 2.75) is 34.2 Å². The quantitative estimate of drug-likeness (QED) is 0.650. The third-order valence-corrected chi connectivity index (χ3v) is 4.71. The lowest BCUT2D eigenvalue weighted by Crippen LogP contribution is -2.42. The fourth-order valence-corrected chi connectivity index (χ4v) is 3.24. The smallest absolute Gasteiger partial charge is 0.336 e. The van der Waals surface area contributed by atoms with Crippen molar-refractivity contribution in [2.75, 3.05) is 13.2 Å². The van der Waals surface area contributed by atoms with Gasteiger partial charge in [-0.3, -0.25) is 14.2 Å². The van der Waals surface area contributed by atoms with Crippen molar-refractivity contribution in [2.24, 2.45) is 5.92 Å². The van der Waals surface area contributed by atoms with Crippen LogP contribution in [0.1, 0.15) is 26.3 Å². The molecule has 1 aromatic heterocycles. The Hall–Kier alpha value is -3.35. The van der Waals surface area contributed by atoms with E-state index in [-0.39, 0.29) is 12.5 Å². The highest BCUT2D eigenvalue weighted by Crippen LogP contribution is 2.16. The first kappa shape index (κ1) is 21.4. The number of rotatable bonds is 7. The number of fused-ring (bicyclic) bond motifs is 1. The number of hydrogen-bond donors (Lipinski definition) is 1. The molecule has 1 amide bonds. The molecule has 0 aliphatic heterocycles. The fourth-order valence-electron chi connectivity index (χ4n) is 3.24. The summed E-state index contributed by atoms with van der Waals surface area (Å²) in [6.45, 7) is 8.63. The van der Waals surface area contributed by atoms with Gasteiger partial charge in [-0.25, -0.2) is 9.36 Å². The van der Waals surface area contributed by atoms with Crippen LogP contribution >= 0.6 is 0 Å². The molecule has 7 heteroatoms. The zero-order valence-corrected chi connectivity index (χ0v) is 17.8. The Balaban J connectivity index is 2.16. The van der Waals surface area contributed by atoms with Gasteiger partial charge in [0, 0.05) is 6.54 Å². The molecule has 0 atom stereocenters. The second kappa shape index (κ2) is 8.98. The Bertz CT molecular complexity index is 1170. The minimum atomic E-state index is -0.555. The first-order chi connectivity index (χ1) is 14.3. The molecule has 1 heterocycles. The number of amides is 1. The van der Waals surface area contributed by atoms with E-state index >= 15 is 0 Å². The summed E-state index contributed by atoms with van der Waals surface area (Å²) in [6.07, 6.45) is 0. The molecule has 2 aromatic carbocycles. The maximum Gasteiger partial charge on any atom is 0.336 e. The van der Waals surface area contributed by atoms with E-state index in [0.29, 0.717) is 41.4 Å². The molecule has 0 unspecified atom stereocenters. The van der Waals surface area contributed by atoms with Crippen molar-refractivity contribution in [3.05, 3.63) is 68.9 Å². The second-order valence-corrected chi connectivity index (χ2v) is 7.65. The number of carbonyl (C=O) groups excluding carboxylic acids is 1. The number of carbonyl (C=O) groups is 1. The first-order valence-corrected chi connectivity index (χ1v) is 10.1. The van der Waals surface area contributed by atoms with Crippen molar-refractivity contribution in [3.8, 4) is 11.4 Å². The third kappa shape index (κ3) is 4.45. The minimum Gasteiger partial charge on any atom is -0.494 e. The Morgan fingerprint density at radius 2 is 1.80 bits per heavy atom. The first-order valence-electron chi connectivity index (χ1n) is 10.1. The van der Waals surface area contributed by atoms with Crippen molar-refractivity contribution >= 4 is 16.8 Å². The Morgan fingerprint density at radius 3 is 2.43 bits per heavy atom. The molecule has 0 fully saturated rings. The molecule has 1 N–H and O–H groups in total. The summed E-state index contributed by atoms with van der Waals surface area (Å²) in [7, 11) is 0. The Kier molecular flexibility index (Phi) is 6.40. The molecule has 0 spiro atoms. The lowest BCUT2D eigenvalue weighted by Gasteiger charge is -2.15. The Morgan fingerprint density at radius 1 is 1.10 bits per heavy atom. The summed E-state index contributed by atoms with van der Waals surface area (Å²) < 4.78 is 7.90. The van der Waals surface area contributed by atoms with Gasteiger partial charge in [0.05, 0.1) is 23.2 Å². The molecular formula is C23H27N3O4. The van der Waals surface area contributed by atoms with Gasteiger partial charge in [0.25, 0.3) is 5.56 Å². The van der Waals surface area contributed by atoms with Crippen molar-refractivity contribution < 1.29 is 9.53 Å². The van der Waals surface area contributed by atoms with E-state index in [0.717, 1.165) is 10.1 Å². The van der Waals surface area contributed by atoms with Crippen LogP contribution in [-0.4, -0.2) is 28.2 Å². The molecule has 3 aromatic rings. The summed E-state index contributed by atoms with van der Waals surface area (Å²) in [6, 6.07) is 12.0. The van der Waals surface area contributed by atoms with Crippen LogP contribution in [0.5, 0.6) is 5.75 Å². The lowest BCUT2D eigenvalue weighted by molar-refractivity contribution is -0.121. The topological polar surface area (TPSA) is 82.3 Å². The van der Waals surface area contributed by atoms with E-state index < -0.39 is 11.2 Å². The van der Waals surface area contributed by atoms with E-state index in [4.69, 9.17) is 4.74 Å². The second-order valence-electron chi connectivity index (χ2n) is 7.65. The van der Waals surface area contributed by atoms with Crippen LogP contribution < -0.4 is 21.3 Å². The molecule has 0 saturated carbocycles. The third-order valence-electron chi connectivity index (χ3n) is 4.71. The van der Waals surface area contributed by atoms with Gasteiger partial charge in [0.1, 0.15) is 12.3 Å². The van der Waals surface area contributed by atoms with Crippen LogP contribution in [0.15, 0.2) is 52.1 Å². The zero-order chi connectivity index (χ0) is 21.8. The molecular weight excluding hydrogens is 382 g/mol. The van der Waals surface area contributed by atoms with E-state index in [1.54, 1.807) is 36.4 Å². The van der Waals surface area contributed by atoms with Gasteiger partial charge in [0.15, 0.2) is 0 Å². The molecule has 7 nitrogen and oxygen atoms in total. The van der Waals surface area contributed by atoms with Gasteiger partial charge in [-0.05, 0) is 56.2 Å². The number of aromatic nitrogens is 2. The molecule has 0 saturated heterocycles. The van der Waals surface area contributed by atoms with Crippen LogP contribution in [0.4, 0.5) is 0 Å². The van der Waals surface area contributed by atoms with E-state index in [9.17, 15) is 14.4 Å². The van der Waals surface area contributed by atoms with Gasteiger partial charge < -0.3 is 10.1 Å². The highest BCUT2D eigenvalue weighted by atomic mass is 16.5. The van der Waals surface area contributed by atoms with E-state index in [1.165, 1.54) is 4.57 Å². The molecule has 30 heavy (non-hydrogen) atoms. The minimum absolute atomic E-state index is 0.164. The lowest BCUT2D eigenvalue weighted by atomic mass is 10.1. The van der Waals surface area contributed by atoms with Gasteiger partial charge in [0.2, 0.25) is 5.91 Å². The van der Waals surface area contributed by atoms with Crippen molar-refractivity contribution in [1.82, 2.24) is 14.5 Å². The molecule has 0 aliphatic carbocycles. The van der Waals surface area contributed by atoms with Crippen LogP contribution in [0.25, 0.3) is 16.6 Å². The van der Waals surface area contributed by atoms with Crippen molar-refractivity contribution in [1.29, 1.82) is 0 Å². The average molecular weight is 409 g/mol. The number of hydrogen-bond acceptors (Lipinski definition) is 4. The number of benzene rings is 2. The van der Waals surface area contributed by atoms with E-state index in [2.05, 4.69) is 5.32 Å². The number of nitrogens with zero attached hydrogens (tertiary/aromatic N) is 2. The largest absolute Gasteiger partial charge is 0.494 e. The summed E-state index contributed by atoms with van der Waals surface area (Å²) >= 11 is 0. The predicted octanol–water partition coefficient (Wildman–Crippen LogP) is 2.63. The maximum absolute atomic E-state index is 13.3. The summed E-state index contributed by atoms with van der Waals surface area (Å²) in [5, 5.41) is 3.22. The van der Waals surface area contributed by atoms with Gasteiger partial charge >= 0.3 is 5.69 Å². The predicted molar refractivity (Wildman–Crippen MR) is 118 cm³/mol. The monoisotopic (exact) mass is 409 g/mol. The maximum atomic E-state index is 13.3. The average Bonchev–Trinajstić information content (AvgIpc) is 2.71. The SMILES string of the molecule is CCOc1ccc(-n2c(=O)c3cc(C)ccc3n(CC(=O)NCC(C)C)c2=O)cc1. The van der Waals surface area contributed by atoms with Crippen LogP contribution in [-0.2, 0) is 11.3 Å². The number of aryl methyl sites for hydroxylation is 1. The molecule has 0 aliphatic rings.